The predicted molar refractivity (Wildman–Crippen MR) is 91.1 cm³/mol. The molecule has 1 aromatic carbocycles. The van der Waals surface area contributed by atoms with Crippen LogP contribution in [-0.4, -0.2) is 47.5 Å². The average Bonchev–Trinajstić information content (AvgIpc) is 2.56. The molecule has 1 fully saturated rings. The highest BCUT2D eigenvalue weighted by molar-refractivity contribution is 5.59. The van der Waals surface area contributed by atoms with E-state index in [4.69, 9.17) is 0 Å². The molecular weight excluding hydrogens is 290 g/mol. The minimum Gasteiger partial charge on any atom is -0.353 e. The molecule has 23 heavy (non-hydrogen) atoms. The van der Waals surface area contributed by atoms with Crippen molar-refractivity contribution in [2.45, 2.75) is 13.8 Å². The van der Waals surface area contributed by atoms with Crippen LogP contribution in [0.25, 0.3) is 0 Å². The zero-order chi connectivity index (χ0) is 16.2. The first-order valence-electron chi connectivity index (χ1n) is 7.78. The van der Waals surface area contributed by atoms with Gasteiger partial charge in [0.25, 0.3) is 0 Å². The van der Waals surface area contributed by atoms with E-state index in [0.29, 0.717) is 5.95 Å². The Morgan fingerprint density at radius 2 is 1.83 bits per heavy atom. The van der Waals surface area contributed by atoms with Crippen molar-refractivity contribution in [2.24, 2.45) is 0 Å². The normalized spacial score (nSPS) is 14.7. The number of piperazine rings is 1. The van der Waals surface area contributed by atoms with Gasteiger partial charge in [-0.25, -0.2) is 4.98 Å². The smallest absolute Gasteiger partial charge is 0.229 e. The highest BCUT2D eigenvalue weighted by Crippen LogP contribution is 2.21. The van der Waals surface area contributed by atoms with Gasteiger partial charge in [0, 0.05) is 43.6 Å². The number of nitrogens with zero attached hydrogens (tertiary/aromatic N) is 4. The molecule has 1 aromatic heterocycles. The zero-order valence-corrected chi connectivity index (χ0v) is 13.5. The summed E-state index contributed by atoms with van der Waals surface area (Å²) < 4.78 is 0. The predicted octanol–water partition coefficient (Wildman–Crippen LogP) is 2.12. The van der Waals surface area contributed by atoms with Crippen LogP contribution in [0.4, 0.5) is 17.5 Å². The summed E-state index contributed by atoms with van der Waals surface area (Å²) in [4.78, 5) is 23.9. The number of para-hydroxylation sites is 1. The molecule has 1 aliphatic rings. The minimum atomic E-state index is 0.604. The highest BCUT2D eigenvalue weighted by Gasteiger charge is 2.17. The lowest BCUT2D eigenvalue weighted by Gasteiger charge is -2.33. The Kier molecular flexibility index (Phi) is 4.41. The molecule has 0 saturated carbocycles. The molecule has 0 spiro atoms. The van der Waals surface area contributed by atoms with Crippen LogP contribution < -0.4 is 10.2 Å². The van der Waals surface area contributed by atoms with Gasteiger partial charge in [0.2, 0.25) is 12.4 Å². The van der Waals surface area contributed by atoms with Gasteiger partial charge in [-0.3, -0.25) is 4.79 Å². The van der Waals surface area contributed by atoms with E-state index in [1.54, 1.807) is 4.90 Å². The second-order valence-electron chi connectivity index (χ2n) is 5.76. The molecule has 0 radical (unpaired) electrons. The van der Waals surface area contributed by atoms with Crippen LogP contribution in [0.2, 0.25) is 0 Å². The van der Waals surface area contributed by atoms with Crippen LogP contribution in [0.1, 0.15) is 11.3 Å². The number of benzene rings is 1. The van der Waals surface area contributed by atoms with Crippen LogP contribution in [0.15, 0.2) is 30.3 Å². The fourth-order valence-electron chi connectivity index (χ4n) is 2.66. The third-order valence-electron chi connectivity index (χ3n) is 4.02. The molecule has 0 unspecified atom stereocenters. The first-order valence-corrected chi connectivity index (χ1v) is 7.78. The number of anilines is 3. The Labute approximate surface area is 136 Å². The molecule has 1 N–H and O–H groups in total. The van der Waals surface area contributed by atoms with Crippen LogP contribution in [0, 0.1) is 13.8 Å². The summed E-state index contributed by atoms with van der Waals surface area (Å²) in [5.41, 5.74) is 3.08. The Morgan fingerprint density at radius 3 is 2.52 bits per heavy atom. The molecule has 0 bridgehead atoms. The Balaban J connectivity index is 1.80. The number of amides is 1. The van der Waals surface area contributed by atoms with E-state index in [0.717, 1.165) is 55.4 Å². The van der Waals surface area contributed by atoms with Crippen molar-refractivity contribution in [2.75, 3.05) is 36.4 Å². The second-order valence-corrected chi connectivity index (χ2v) is 5.76. The number of rotatable bonds is 4. The van der Waals surface area contributed by atoms with E-state index in [2.05, 4.69) is 33.2 Å². The third-order valence-corrected chi connectivity index (χ3v) is 4.02. The van der Waals surface area contributed by atoms with Crippen molar-refractivity contribution in [3.63, 3.8) is 0 Å². The Morgan fingerprint density at radius 1 is 1.09 bits per heavy atom. The van der Waals surface area contributed by atoms with Gasteiger partial charge in [-0.1, -0.05) is 18.2 Å². The van der Waals surface area contributed by atoms with Gasteiger partial charge in [-0.15, -0.1) is 0 Å². The van der Waals surface area contributed by atoms with Crippen molar-refractivity contribution in [1.82, 2.24) is 14.9 Å². The monoisotopic (exact) mass is 311 g/mol. The van der Waals surface area contributed by atoms with Crippen LogP contribution in [0.3, 0.4) is 0 Å². The Hall–Kier alpha value is -2.63. The maximum absolute atomic E-state index is 10.8. The maximum Gasteiger partial charge on any atom is 0.229 e. The molecule has 2 aromatic rings. The van der Waals surface area contributed by atoms with Gasteiger partial charge in [-0.2, -0.15) is 4.98 Å². The molecule has 0 atom stereocenters. The van der Waals surface area contributed by atoms with Crippen molar-refractivity contribution in [3.8, 4) is 0 Å². The quantitative estimate of drug-likeness (QED) is 0.876. The largest absolute Gasteiger partial charge is 0.353 e. The molecule has 6 nitrogen and oxygen atoms in total. The number of hydrogen-bond acceptors (Lipinski definition) is 5. The number of aromatic nitrogens is 2. The van der Waals surface area contributed by atoms with Gasteiger partial charge in [0.1, 0.15) is 5.82 Å². The third kappa shape index (κ3) is 3.59. The maximum atomic E-state index is 10.8. The highest BCUT2D eigenvalue weighted by atomic mass is 16.1. The fraction of sp³-hybridized carbons (Fsp3) is 0.353. The summed E-state index contributed by atoms with van der Waals surface area (Å²) in [6, 6.07) is 10.1. The first-order chi connectivity index (χ1) is 11.2. The van der Waals surface area contributed by atoms with Gasteiger partial charge in [0.05, 0.1) is 0 Å². The van der Waals surface area contributed by atoms with E-state index < -0.39 is 0 Å². The molecule has 3 rings (SSSR count). The number of aryl methyl sites for hydroxylation is 2. The molecule has 1 aliphatic heterocycles. The Bertz CT molecular complexity index is 695. The average molecular weight is 311 g/mol. The SMILES string of the molecule is Cc1cc(N2CCN(C=O)CC2)nc(Nc2ccccc2C)n1. The summed E-state index contributed by atoms with van der Waals surface area (Å²) in [5, 5.41) is 3.30. The fourth-order valence-corrected chi connectivity index (χ4v) is 2.66. The van der Waals surface area contributed by atoms with Gasteiger partial charge >= 0.3 is 0 Å². The summed E-state index contributed by atoms with van der Waals surface area (Å²) in [6.45, 7) is 7.06. The first kappa shape index (κ1) is 15.3. The lowest BCUT2D eigenvalue weighted by atomic mass is 10.2. The summed E-state index contributed by atoms with van der Waals surface area (Å²) in [7, 11) is 0. The summed E-state index contributed by atoms with van der Waals surface area (Å²) >= 11 is 0. The van der Waals surface area contributed by atoms with Crippen molar-refractivity contribution in [1.29, 1.82) is 0 Å². The lowest BCUT2D eigenvalue weighted by Crippen LogP contribution is -2.46. The summed E-state index contributed by atoms with van der Waals surface area (Å²) in [5.74, 6) is 1.51. The molecule has 2 heterocycles. The minimum absolute atomic E-state index is 0.604. The lowest BCUT2D eigenvalue weighted by molar-refractivity contribution is -0.118. The van der Waals surface area contributed by atoms with Gasteiger partial charge in [0.15, 0.2) is 0 Å². The zero-order valence-electron chi connectivity index (χ0n) is 13.5. The molecule has 120 valence electrons. The van der Waals surface area contributed by atoms with Crippen LogP contribution in [-0.2, 0) is 4.79 Å². The molecule has 1 saturated heterocycles. The topological polar surface area (TPSA) is 61.4 Å². The number of hydrogen-bond donors (Lipinski definition) is 1. The van der Waals surface area contributed by atoms with E-state index in [1.807, 2.05) is 31.2 Å². The van der Waals surface area contributed by atoms with Crippen LogP contribution >= 0.6 is 0 Å². The van der Waals surface area contributed by atoms with Crippen molar-refractivity contribution in [3.05, 3.63) is 41.6 Å². The van der Waals surface area contributed by atoms with E-state index >= 15 is 0 Å². The van der Waals surface area contributed by atoms with Gasteiger partial charge in [-0.05, 0) is 25.5 Å². The summed E-state index contributed by atoms with van der Waals surface area (Å²) in [6.07, 6.45) is 0.910. The molecular formula is C17H21N5O. The number of nitrogens with one attached hydrogen (secondary N) is 1. The number of carbonyl (C=O) groups excluding carboxylic acids is 1. The van der Waals surface area contributed by atoms with Crippen molar-refractivity contribution < 1.29 is 4.79 Å². The van der Waals surface area contributed by atoms with E-state index in [9.17, 15) is 4.79 Å². The van der Waals surface area contributed by atoms with Crippen molar-refractivity contribution >= 4 is 23.9 Å². The van der Waals surface area contributed by atoms with Crippen LogP contribution in [0.5, 0.6) is 0 Å². The van der Waals surface area contributed by atoms with E-state index in [1.165, 1.54) is 0 Å². The molecule has 1 amide bonds. The number of carbonyl (C=O) groups is 1. The standard InChI is InChI=1S/C17H21N5O/c1-13-5-3-4-6-15(13)19-17-18-14(2)11-16(20-17)22-9-7-21(12-23)8-10-22/h3-6,11-12H,7-10H2,1-2H3,(H,18,19,20). The molecule has 6 heteroatoms. The second kappa shape index (κ2) is 6.64. The van der Waals surface area contributed by atoms with Gasteiger partial charge < -0.3 is 15.1 Å². The molecule has 0 aliphatic carbocycles. The van der Waals surface area contributed by atoms with E-state index in [-0.39, 0.29) is 0 Å².